The van der Waals surface area contributed by atoms with E-state index in [1.54, 1.807) is 20.8 Å². The number of thiocarbonyl (C=S) groups is 1. The Labute approximate surface area is 152 Å². The molecule has 1 aromatic heterocycles. The Hall–Kier alpha value is -1.34. The molecule has 1 aliphatic rings. The van der Waals surface area contributed by atoms with Crippen LogP contribution >= 0.6 is 24.0 Å². The van der Waals surface area contributed by atoms with Gasteiger partial charge in [0.2, 0.25) is 0 Å². The third-order valence-electron chi connectivity index (χ3n) is 4.17. The van der Waals surface area contributed by atoms with Gasteiger partial charge in [0, 0.05) is 18.8 Å². The Morgan fingerprint density at radius 2 is 1.96 bits per heavy atom. The molecule has 0 radical (unpaired) electrons. The number of aromatic nitrogens is 1. The van der Waals surface area contributed by atoms with Crippen molar-refractivity contribution >= 4 is 40.1 Å². The molecule has 0 aliphatic carbocycles. The van der Waals surface area contributed by atoms with Gasteiger partial charge in [-0.3, -0.25) is 4.79 Å². The third kappa shape index (κ3) is 4.00. The Morgan fingerprint density at radius 1 is 1.33 bits per heavy atom. The predicted octanol–water partition coefficient (Wildman–Crippen LogP) is 3.49. The number of H-pyrrole nitrogens is 1. The van der Waals surface area contributed by atoms with Crippen LogP contribution in [0.15, 0.2) is 0 Å². The molecule has 1 aliphatic heterocycles. The lowest BCUT2D eigenvalue weighted by Gasteiger charge is -2.20. The number of rotatable bonds is 5. The van der Waals surface area contributed by atoms with E-state index in [1.165, 1.54) is 11.8 Å². The maximum absolute atomic E-state index is 12.8. The summed E-state index contributed by atoms with van der Waals surface area (Å²) in [6.45, 7) is 9.43. The monoisotopic (exact) mass is 368 g/mol. The van der Waals surface area contributed by atoms with Crippen LogP contribution in [-0.2, 0) is 4.74 Å². The second-order valence-corrected chi connectivity index (χ2v) is 7.90. The lowest BCUT2D eigenvalue weighted by molar-refractivity contribution is 0.0525. The Bertz CT molecular complexity index is 649. The highest BCUT2D eigenvalue weighted by atomic mass is 32.2. The molecule has 7 heteroatoms. The fraction of sp³-hybridized carbons (Fsp3) is 0.588. The van der Waals surface area contributed by atoms with E-state index >= 15 is 0 Å². The van der Waals surface area contributed by atoms with Crippen molar-refractivity contribution in [3.05, 3.63) is 22.5 Å². The zero-order valence-corrected chi connectivity index (χ0v) is 16.2. The number of ketones is 1. The van der Waals surface area contributed by atoms with Crippen LogP contribution in [0.5, 0.6) is 0 Å². The SMILES string of the molecule is CCOC(=O)c1c(C)[nH]c(C(=O)C(C)SC(=S)N2CCCC2)c1C. The highest BCUT2D eigenvalue weighted by Crippen LogP contribution is 2.26. The van der Waals surface area contributed by atoms with Crippen LogP contribution in [0.1, 0.15) is 58.8 Å². The van der Waals surface area contributed by atoms with Gasteiger partial charge in [0.1, 0.15) is 4.32 Å². The number of nitrogens with one attached hydrogen (secondary N) is 1. The molecule has 2 heterocycles. The molecule has 1 N–H and O–H groups in total. The molecular formula is C17H24N2O3S2. The number of nitrogens with zero attached hydrogens (tertiary/aromatic N) is 1. The summed E-state index contributed by atoms with van der Waals surface area (Å²) in [4.78, 5) is 30.0. The zero-order valence-electron chi connectivity index (χ0n) is 14.6. The third-order valence-corrected chi connectivity index (χ3v) is 5.75. The fourth-order valence-corrected chi connectivity index (χ4v) is 4.36. The van der Waals surface area contributed by atoms with Crippen molar-refractivity contribution in [1.82, 2.24) is 9.88 Å². The molecule has 5 nitrogen and oxygen atoms in total. The summed E-state index contributed by atoms with van der Waals surface area (Å²) in [6, 6.07) is 0. The lowest BCUT2D eigenvalue weighted by atomic mass is 10.1. The van der Waals surface area contributed by atoms with E-state index in [1.807, 2.05) is 6.92 Å². The van der Waals surface area contributed by atoms with Gasteiger partial charge in [-0.15, -0.1) is 0 Å². The number of hydrogen-bond acceptors (Lipinski definition) is 5. The van der Waals surface area contributed by atoms with E-state index in [-0.39, 0.29) is 11.0 Å². The maximum Gasteiger partial charge on any atom is 0.340 e. The molecule has 132 valence electrons. The fourth-order valence-electron chi connectivity index (χ4n) is 2.89. The number of esters is 1. The van der Waals surface area contributed by atoms with Gasteiger partial charge in [-0.25, -0.2) is 4.79 Å². The Morgan fingerprint density at radius 3 is 2.54 bits per heavy atom. The van der Waals surface area contributed by atoms with Crippen LogP contribution in [0, 0.1) is 13.8 Å². The highest BCUT2D eigenvalue weighted by molar-refractivity contribution is 8.23. The first-order valence-corrected chi connectivity index (χ1v) is 9.51. The first-order valence-electron chi connectivity index (χ1n) is 8.22. The highest BCUT2D eigenvalue weighted by Gasteiger charge is 2.27. The van der Waals surface area contributed by atoms with E-state index in [9.17, 15) is 9.59 Å². The summed E-state index contributed by atoms with van der Waals surface area (Å²) in [6.07, 6.45) is 2.31. The smallest absolute Gasteiger partial charge is 0.340 e. The van der Waals surface area contributed by atoms with E-state index in [0.29, 0.717) is 29.1 Å². The van der Waals surface area contributed by atoms with Gasteiger partial charge in [0.15, 0.2) is 5.78 Å². The normalized spacial score (nSPS) is 15.4. The molecular weight excluding hydrogens is 344 g/mol. The summed E-state index contributed by atoms with van der Waals surface area (Å²) in [5, 5.41) is -0.301. The van der Waals surface area contributed by atoms with Gasteiger partial charge in [-0.1, -0.05) is 24.0 Å². The summed E-state index contributed by atoms with van der Waals surface area (Å²) in [7, 11) is 0. The van der Waals surface area contributed by atoms with Crippen molar-refractivity contribution in [3.63, 3.8) is 0 Å². The van der Waals surface area contributed by atoms with Crippen LogP contribution in [0.3, 0.4) is 0 Å². The second-order valence-electron chi connectivity index (χ2n) is 5.93. The quantitative estimate of drug-likeness (QED) is 0.488. The van der Waals surface area contributed by atoms with E-state index in [4.69, 9.17) is 17.0 Å². The number of Topliss-reactive ketones (excluding diaryl/α,β-unsaturated/α-hetero) is 1. The lowest BCUT2D eigenvalue weighted by Crippen LogP contribution is -2.27. The van der Waals surface area contributed by atoms with Crippen LogP contribution in [0.4, 0.5) is 0 Å². The van der Waals surface area contributed by atoms with Crippen molar-refractivity contribution in [2.24, 2.45) is 0 Å². The zero-order chi connectivity index (χ0) is 17.9. The molecule has 0 amide bonds. The van der Waals surface area contributed by atoms with Gasteiger partial charge in [-0.05, 0) is 46.1 Å². The maximum atomic E-state index is 12.8. The van der Waals surface area contributed by atoms with Gasteiger partial charge in [0.05, 0.1) is 23.1 Å². The molecule has 0 saturated carbocycles. The van der Waals surface area contributed by atoms with E-state index < -0.39 is 5.97 Å². The molecule has 2 rings (SSSR count). The molecule has 1 unspecified atom stereocenters. The predicted molar refractivity (Wildman–Crippen MR) is 101 cm³/mol. The summed E-state index contributed by atoms with van der Waals surface area (Å²) >= 11 is 6.87. The number of aromatic amines is 1. The number of carbonyl (C=O) groups is 2. The largest absolute Gasteiger partial charge is 0.462 e. The van der Waals surface area contributed by atoms with Crippen LogP contribution in [0.25, 0.3) is 0 Å². The molecule has 0 aromatic carbocycles. The van der Waals surface area contributed by atoms with Gasteiger partial charge >= 0.3 is 5.97 Å². The van der Waals surface area contributed by atoms with Crippen LogP contribution in [-0.4, -0.2) is 50.9 Å². The molecule has 1 aromatic rings. The molecule has 24 heavy (non-hydrogen) atoms. The number of ether oxygens (including phenoxy) is 1. The second kappa shape index (κ2) is 8.16. The van der Waals surface area contributed by atoms with E-state index in [0.717, 1.165) is 30.3 Å². The van der Waals surface area contributed by atoms with Gasteiger partial charge in [0.25, 0.3) is 0 Å². The first-order chi connectivity index (χ1) is 11.4. The summed E-state index contributed by atoms with van der Waals surface area (Å²) in [5.41, 5.74) is 2.24. The Balaban J connectivity index is 2.12. The number of hydrogen-bond donors (Lipinski definition) is 1. The van der Waals surface area contributed by atoms with Crippen molar-refractivity contribution < 1.29 is 14.3 Å². The molecule has 0 bridgehead atoms. The average molecular weight is 369 g/mol. The average Bonchev–Trinajstić information content (AvgIpc) is 3.15. The minimum absolute atomic E-state index is 0.0438. The van der Waals surface area contributed by atoms with Crippen molar-refractivity contribution in [2.75, 3.05) is 19.7 Å². The number of likely N-dealkylation sites (tertiary alicyclic amines) is 1. The molecule has 1 saturated heterocycles. The van der Waals surface area contributed by atoms with Gasteiger partial charge in [-0.2, -0.15) is 0 Å². The van der Waals surface area contributed by atoms with Crippen molar-refractivity contribution in [1.29, 1.82) is 0 Å². The first kappa shape index (κ1) is 19.0. The minimum atomic E-state index is -0.393. The molecule has 1 atom stereocenters. The number of aryl methyl sites for hydroxylation is 1. The Kier molecular flexibility index (Phi) is 6.46. The van der Waals surface area contributed by atoms with Crippen molar-refractivity contribution in [2.45, 2.75) is 45.8 Å². The van der Waals surface area contributed by atoms with E-state index in [2.05, 4.69) is 9.88 Å². The van der Waals surface area contributed by atoms with Gasteiger partial charge < -0.3 is 14.6 Å². The summed E-state index contributed by atoms with van der Waals surface area (Å²) < 4.78 is 5.85. The van der Waals surface area contributed by atoms with Crippen LogP contribution in [0.2, 0.25) is 0 Å². The topological polar surface area (TPSA) is 62.4 Å². The van der Waals surface area contributed by atoms with Crippen molar-refractivity contribution in [3.8, 4) is 0 Å². The molecule has 1 fully saturated rings. The standard InChI is InChI=1S/C17H24N2O3S2/c1-5-22-16(21)13-10(2)14(18-11(13)3)15(20)12(4)24-17(23)19-8-6-7-9-19/h12,18H,5-9H2,1-4H3. The number of carbonyl (C=O) groups excluding carboxylic acids is 2. The van der Waals surface area contributed by atoms with Crippen LogP contribution < -0.4 is 0 Å². The number of thioether (sulfide) groups is 1. The molecule has 0 spiro atoms. The summed E-state index contributed by atoms with van der Waals surface area (Å²) in [5.74, 6) is -0.437. The minimum Gasteiger partial charge on any atom is -0.462 e.